The number of methoxy groups -OCH3 is 1. The normalized spacial score (nSPS) is 12.2. The topological polar surface area (TPSA) is 86.9 Å². The molecule has 0 radical (unpaired) electrons. The lowest BCUT2D eigenvalue weighted by molar-refractivity contribution is 0.0940. The third-order valence-electron chi connectivity index (χ3n) is 5.10. The Hall–Kier alpha value is -3.68. The summed E-state index contributed by atoms with van der Waals surface area (Å²) in [5.41, 5.74) is 4.29. The largest absolute Gasteiger partial charge is 0.497 e. The van der Waals surface area contributed by atoms with Crippen molar-refractivity contribution in [2.24, 2.45) is 14.1 Å². The molecule has 0 aliphatic carbocycles. The van der Waals surface area contributed by atoms with Gasteiger partial charge in [-0.05, 0) is 38.1 Å². The van der Waals surface area contributed by atoms with E-state index >= 15 is 0 Å². The molecule has 0 saturated carbocycles. The molecule has 8 heteroatoms. The fraction of sp³-hybridized carbons (Fsp3) is 0.273. The first-order chi connectivity index (χ1) is 14.4. The minimum atomic E-state index is -0.237. The number of hydrogen-bond donors (Lipinski definition) is 1. The molecule has 0 unspecified atom stereocenters. The number of rotatable bonds is 5. The number of nitrogens with zero attached hydrogens (tertiary/aromatic N) is 5. The van der Waals surface area contributed by atoms with E-state index in [2.05, 4.69) is 15.5 Å². The highest BCUT2D eigenvalue weighted by Gasteiger charge is 2.21. The SMILES string of the molecule is COc1cccc(-c2cc(C(=O)N[C@H](C)c3ccn(C)n3)c3c(C)nn(C)c3n2)c1. The molecule has 0 fully saturated rings. The molecule has 0 bridgehead atoms. The van der Waals surface area contributed by atoms with Crippen LogP contribution in [0.4, 0.5) is 0 Å². The molecule has 0 spiro atoms. The lowest BCUT2D eigenvalue weighted by atomic mass is 10.0. The molecule has 3 aromatic heterocycles. The number of pyridine rings is 1. The van der Waals surface area contributed by atoms with Gasteiger partial charge in [0.25, 0.3) is 5.91 Å². The number of nitrogens with one attached hydrogen (secondary N) is 1. The van der Waals surface area contributed by atoms with Crippen molar-refractivity contribution in [2.45, 2.75) is 19.9 Å². The van der Waals surface area contributed by atoms with E-state index in [9.17, 15) is 4.79 Å². The van der Waals surface area contributed by atoms with Gasteiger partial charge in [-0.1, -0.05) is 12.1 Å². The number of aromatic nitrogens is 5. The molecule has 1 N–H and O–H groups in total. The van der Waals surface area contributed by atoms with Gasteiger partial charge in [0.2, 0.25) is 0 Å². The third kappa shape index (κ3) is 3.52. The van der Waals surface area contributed by atoms with Crippen molar-refractivity contribution in [1.82, 2.24) is 29.9 Å². The first-order valence-electron chi connectivity index (χ1n) is 9.66. The minimum absolute atomic E-state index is 0.194. The monoisotopic (exact) mass is 404 g/mol. The molecule has 0 aliphatic rings. The van der Waals surface area contributed by atoms with Crippen molar-refractivity contribution in [3.8, 4) is 17.0 Å². The van der Waals surface area contributed by atoms with E-state index in [0.29, 0.717) is 16.9 Å². The van der Waals surface area contributed by atoms with Crippen LogP contribution in [0.15, 0.2) is 42.6 Å². The van der Waals surface area contributed by atoms with Crippen molar-refractivity contribution in [2.75, 3.05) is 7.11 Å². The van der Waals surface area contributed by atoms with Gasteiger partial charge in [-0.25, -0.2) is 4.98 Å². The highest BCUT2D eigenvalue weighted by atomic mass is 16.5. The van der Waals surface area contributed by atoms with Crippen LogP contribution < -0.4 is 10.1 Å². The van der Waals surface area contributed by atoms with E-state index in [1.807, 2.05) is 70.5 Å². The van der Waals surface area contributed by atoms with Crippen molar-refractivity contribution < 1.29 is 9.53 Å². The van der Waals surface area contributed by atoms with Gasteiger partial charge in [0.15, 0.2) is 5.65 Å². The standard InChI is InChI=1S/C22H24N6O2/c1-13(18-9-10-27(3)26-18)23-22(29)17-12-19(15-7-6-8-16(11-15)30-5)24-21-20(17)14(2)25-28(21)4/h6-13H,1-5H3,(H,23,29)/t13-/m1/s1. The summed E-state index contributed by atoms with van der Waals surface area (Å²) < 4.78 is 8.76. The summed E-state index contributed by atoms with van der Waals surface area (Å²) in [5.74, 6) is 0.533. The van der Waals surface area contributed by atoms with Gasteiger partial charge in [-0.2, -0.15) is 10.2 Å². The molecular formula is C22H24N6O2. The van der Waals surface area contributed by atoms with Crippen LogP contribution in [-0.2, 0) is 14.1 Å². The summed E-state index contributed by atoms with van der Waals surface area (Å²) in [6, 6.07) is 11.1. The average molecular weight is 404 g/mol. The van der Waals surface area contributed by atoms with Gasteiger partial charge >= 0.3 is 0 Å². The van der Waals surface area contributed by atoms with Crippen LogP contribution in [0.25, 0.3) is 22.3 Å². The number of fused-ring (bicyclic) bond motifs is 1. The van der Waals surface area contributed by atoms with Gasteiger partial charge in [0, 0.05) is 25.9 Å². The first kappa shape index (κ1) is 19.6. The van der Waals surface area contributed by atoms with E-state index in [-0.39, 0.29) is 11.9 Å². The number of carbonyl (C=O) groups excluding carboxylic acids is 1. The summed E-state index contributed by atoms with van der Waals surface area (Å²) >= 11 is 0. The zero-order chi connectivity index (χ0) is 21.4. The van der Waals surface area contributed by atoms with Crippen LogP contribution in [0.1, 0.15) is 34.7 Å². The second kappa shape index (κ2) is 7.62. The molecule has 154 valence electrons. The molecule has 30 heavy (non-hydrogen) atoms. The Balaban J connectivity index is 1.80. The molecular weight excluding hydrogens is 380 g/mol. The average Bonchev–Trinajstić information content (AvgIpc) is 3.30. The number of benzene rings is 1. The van der Waals surface area contributed by atoms with Gasteiger partial charge < -0.3 is 10.1 Å². The van der Waals surface area contributed by atoms with Crippen molar-refractivity contribution >= 4 is 16.9 Å². The first-order valence-corrected chi connectivity index (χ1v) is 9.66. The van der Waals surface area contributed by atoms with E-state index in [1.165, 1.54) is 0 Å². The van der Waals surface area contributed by atoms with Gasteiger partial charge in [0.05, 0.1) is 41.2 Å². The molecule has 1 amide bonds. The zero-order valence-electron chi connectivity index (χ0n) is 17.7. The van der Waals surface area contributed by atoms with Gasteiger partial charge in [-0.15, -0.1) is 0 Å². The summed E-state index contributed by atoms with van der Waals surface area (Å²) in [6.45, 7) is 3.80. The predicted octanol–water partition coefficient (Wildman–Crippen LogP) is 3.18. The molecule has 0 saturated heterocycles. The van der Waals surface area contributed by atoms with Crippen LogP contribution in [0.2, 0.25) is 0 Å². The lowest BCUT2D eigenvalue weighted by Gasteiger charge is -2.14. The Morgan fingerprint density at radius 3 is 2.67 bits per heavy atom. The summed E-state index contributed by atoms with van der Waals surface area (Å²) in [6.07, 6.45) is 1.86. The van der Waals surface area contributed by atoms with Crippen LogP contribution in [0.3, 0.4) is 0 Å². The molecule has 8 nitrogen and oxygen atoms in total. The van der Waals surface area contributed by atoms with Gasteiger partial charge in [-0.3, -0.25) is 14.2 Å². The van der Waals surface area contributed by atoms with Crippen LogP contribution >= 0.6 is 0 Å². The number of amides is 1. The van der Waals surface area contributed by atoms with E-state index in [1.54, 1.807) is 16.5 Å². The van der Waals surface area contributed by atoms with Gasteiger partial charge in [0.1, 0.15) is 5.75 Å². The highest BCUT2D eigenvalue weighted by molar-refractivity contribution is 6.07. The van der Waals surface area contributed by atoms with E-state index in [0.717, 1.165) is 28.1 Å². The Bertz CT molecular complexity index is 1240. The predicted molar refractivity (Wildman–Crippen MR) is 114 cm³/mol. The number of carbonyl (C=O) groups is 1. The second-order valence-electron chi connectivity index (χ2n) is 7.30. The lowest BCUT2D eigenvalue weighted by Crippen LogP contribution is -2.27. The zero-order valence-corrected chi connectivity index (χ0v) is 17.7. The Morgan fingerprint density at radius 2 is 1.97 bits per heavy atom. The Labute approximate surface area is 174 Å². The van der Waals surface area contributed by atoms with Crippen LogP contribution in [-0.4, -0.2) is 37.6 Å². The Morgan fingerprint density at radius 1 is 1.17 bits per heavy atom. The summed E-state index contributed by atoms with van der Waals surface area (Å²) in [5, 5.41) is 12.7. The number of ether oxygens (including phenoxy) is 1. The Kier molecular flexibility index (Phi) is 4.99. The molecule has 0 aliphatic heterocycles. The minimum Gasteiger partial charge on any atom is -0.497 e. The van der Waals surface area contributed by atoms with E-state index < -0.39 is 0 Å². The summed E-state index contributed by atoms with van der Waals surface area (Å²) in [4.78, 5) is 18.1. The third-order valence-corrected chi connectivity index (χ3v) is 5.10. The highest BCUT2D eigenvalue weighted by Crippen LogP contribution is 2.29. The molecule has 1 aromatic carbocycles. The van der Waals surface area contributed by atoms with Crippen molar-refractivity contribution in [1.29, 1.82) is 0 Å². The maximum absolute atomic E-state index is 13.3. The smallest absolute Gasteiger partial charge is 0.252 e. The van der Waals surface area contributed by atoms with Crippen LogP contribution in [0.5, 0.6) is 5.75 Å². The van der Waals surface area contributed by atoms with Crippen molar-refractivity contribution in [3.63, 3.8) is 0 Å². The fourth-order valence-corrected chi connectivity index (χ4v) is 3.57. The fourth-order valence-electron chi connectivity index (χ4n) is 3.57. The summed E-state index contributed by atoms with van der Waals surface area (Å²) in [7, 11) is 5.30. The quantitative estimate of drug-likeness (QED) is 0.552. The van der Waals surface area contributed by atoms with E-state index in [4.69, 9.17) is 9.72 Å². The maximum atomic E-state index is 13.3. The number of aryl methyl sites for hydroxylation is 3. The van der Waals surface area contributed by atoms with Crippen molar-refractivity contribution in [3.05, 3.63) is 59.5 Å². The maximum Gasteiger partial charge on any atom is 0.252 e. The van der Waals surface area contributed by atoms with Crippen LogP contribution in [0, 0.1) is 6.92 Å². The number of hydrogen-bond acceptors (Lipinski definition) is 5. The molecule has 4 aromatic rings. The molecule has 3 heterocycles. The molecule has 4 rings (SSSR count). The second-order valence-corrected chi connectivity index (χ2v) is 7.30. The molecule has 1 atom stereocenters.